The maximum atomic E-state index is 13.0. The Morgan fingerprint density at radius 3 is 2.25 bits per heavy atom. The van der Waals surface area contributed by atoms with Gasteiger partial charge in [0.2, 0.25) is 26.0 Å². The summed E-state index contributed by atoms with van der Waals surface area (Å²) in [6.45, 7) is 2.25. The quantitative estimate of drug-likeness (QED) is 0.754. The van der Waals surface area contributed by atoms with Crippen molar-refractivity contribution in [2.45, 2.75) is 24.8 Å². The number of carbonyl (C=O) groups excluding carboxylic acids is 1. The van der Waals surface area contributed by atoms with E-state index < -0.39 is 31.9 Å². The molecule has 28 heavy (non-hydrogen) atoms. The first-order valence-corrected chi connectivity index (χ1v) is 12.0. The Bertz CT molecular complexity index is 1140. The van der Waals surface area contributed by atoms with Gasteiger partial charge in [-0.05, 0) is 41.8 Å². The summed E-state index contributed by atoms with van der Waals surface area (Å²) < 4.78 is 52.6. The number of amides is 1. The van der Waals surface area contributed by atoms with Gasteiger partial charge in [0, 0.05) is 13.1 Å². The summed E-state index contributed by atoms with van der Waals surface area (Å²) in [6, 6.07) is 13.2. The third-order valence-electron chi connectivity index (χ3n) is 5.17. The van der Waals surface area contributed by atoms with E-state index >= 15 is 0 Å². The molecule has 1 amide bonds. The third-order valence-corrected chi connectivity index (χ3v) is 8.89. The molecule has 0 saturated carbocycles. The van der Waals surface area contributed by atoms with Crippen LogP contribution in [0.5, 0.6) is 0 Å². The van der Waals surface area contributed by atoms with Crippen molar-refractivity contribution in [3.63, 3.8) is 0 Å². The van der Waals surface area contributed by atoms with Crippen LogP contribution in [0, 0.1) is 5.92 Å². The SMILES string of the molecule is C[C@@H]1CS(=O)(=O)N(c2ccc(S(=O)(=O)N3CCc4ccccc4C3)cc2)C1=O. The van der Waals surface area contributed by atoms with Gasteiger partial charge in [0.25, 0.3) is 0 Å². The zero-order valence-electron chi connectivity index (χ0n) is 15.3. The highest BCUT2D eigenvalue weighted by Gasteiger charge is 2.42. The molecule has 7 nitrogen and oxygen atoms in total. The predicted molar refractivity (Wildman–Crippen MR) is 105 cm³/mol. The van der Waals surface area contributed by atoms with Crippen LogP contribution in [0.2, 0.25) is 0 Å². The predicted octanol–water partition coefficient (Wildman–Crippen LogP) is 1.75. The summed E-state index contributed by atoms with van der Waals surface area (Å²) in [6.07, 6.45) is 0.645. The summed E-state index contributed by atoms with van der Waals surface area (Å²) in [5.74, 6) is -1.34. The Morgan fingerprint density at radius 1 is 1.00 bits per heavy atom. The average molecular weight is 421 g/mol. The summed E-state index contributed by atoms with van der Waals surface area (Å²) in [4.78, 5) is 12.3. The van der Waals surface area contributed by atoms with Crippen LogP contribution in [0.3, 0.4) is 0 Å². The lowest BCUT2D eigenvalue weighted by Gasteiger charge is -2.28. The number of benzene rings is 2. The molecule has 9 heteroatoms. The van der Waals surface area contributed by atoms with Gasteiger partial charge in [-0.3, -0.25) is 4.79 Å². The summed E-state index contributed by atoms with van der Waals surface area (Å²) in [5.41, 5.74) is 2.30. The molecule has 2 heterocycles. The summed E-state index contributed by atoms with van der Waals surface area (Å²) in [5, 5.41) is 0. The van der Waals surface area contributed by atoms with Gasteiger partial charge in [0.1, 0.15) is 0 Å². The van der Waals surface area contributed by atoms with Gasteiger partial charge in [0.15, 0.2) is 0 Å². The van der Waals surface area contributed by atoms with E-state index in [4.69, 9.17) is 0 Å². The molecule has 2 aliphatic rings. The maximum Gasteiger partial charge on any atom is 0.244 e. The van der Waals surface area contributed by atoms with E-state index in [1.807, 2.05) is 24.3 Å². The van der Waals surface area contributed by atoms with Crippen molar-refractivity contribution in [1.82, 2.24) is 4.31 Å². The topological polar surface area (TPSA) is 91.8 Å². The molecule has 0 bridgehead atoms. The van der Waals surface area contributed by atoms with Crippen LogP contribution in [0.1, 0.15) is 18.1 Å². The van der Waals surface area contributed by atoms with Crippen LogP contribution in [0.4, 0.5) is 5.69 Å². The van der Waals surface area contributed by atoms with Gasteiger partial charge >= 0.3 is 0 Å². The fraction of sp³-hybridized carbons (Fsp3) is 0.316. The highest BCUT2D eigenvalue weighted by Crippen LogP contribution is 2.30. The molecule has 1 saturated heterocycles. The second-order valence-electron chi connectivity index (χ2n) is 7.13. The summed E-state index contributed by atoms with van der Waals surface area (Å²) in [7, 11) is -7.43. The fourth-order valence-electron chi connectivity index (χ4n) is 3.66. The molecule has 0 aliphatic carbocycles. The number of hydrogen-bond acceptors (Lipinski definition) is 5. The van der Waals surface area contributed by atoms with Gasteiger partial charge < -0.3 is 0 Å². The van der Waals surface area contributed by atoms with Gasteiger partial charge in [0.05, 0.1) is 22.3 Å². The minimum atomic E-state index is -3.72. The van der Waals surface area contributed by atoms with Gasteiger partial charge in [-0.15, -0.1) is 0 Å². The van der Waals surface area contributed by atoms with Crippen LogP contribution in [0.15, 0.2) is 53.4 Å². The van der Waals surface area contributed by atoms with E-state index in [0.29, 0.717) is 19.5 Å². The Labute approximate surface area is 164 Å². The van der Waals surface area contributed by atoms with Crippen LogP contribution >= 0.6 is 0 Å². The van der Waals surface area contributed by atoms with Crippen LogP contribution in [-0.2, 0) is 37.8 Å². The number of hydrogen-bond donors (Lipinski definition) is 0. The number of fused-ring (bicyclic) bond motifs is 1. The lowest BCUT2D eigenvalue weighted by molar-refractivity contribution is -0.119. The molecule has 2 aliphatic heterocycles. The first-order chi connectivity index (χ1) is 13.2. The molecule has 0 spiro atoms. The highest BCUT2D eigenvalue weighted by molar-refractivity contribution is 7.94. The Hall–Kier alpha value is -2.23. The maximum absolute atomic E-state index is 13.0. The monoisotopic (exact) mass is 420 g/mol. The minimum absolute atomic E-state index is 0.0766. The molecule has 0 N–H and O–H groups in total. The highest BCUT2D eigenvalue weighted by atomic mass is 32.2. The molecule has 148 valence electrons. The number of nitrogens with zero attached hydrogens (tertiary/aromatic N) is 2. The molecule has 0 aromatic heterocycles. The van der Waals surface area contributed by atoms with Gasteiger partial charge in [-0.1, -0.05) is 31.2 Å². The number of anilines is 1. The van der Waals surface area contributed by atoms with Crippen LogP contribution in [-0.4, -0.2) is 39.3 Å². The van der Waals surface area contributed by atoms with Gasteiger partial charge in [-0.25, -0.2) is 21.1 Å². The second kappa shape index (κ2) is 6.68. The molecule has 0 radical (unpaired) electrons. The molecule has 1 atom stereocenters. The van der Waals surface area contributed by atoms with E-state index in [1.54, 1.807) is 6.92 Å². The normalized spacial score (nSPS) is 22.2. The van der Waals surface area contributed by atoms with Crippen molar-refractivity contribution in [3.05, 3.63) is 59.7 Å². The zero-order chi connectivity index (χ0) is 20.1. The third kappa shape index (κ3) is 3.13. The van der Waals surface area contributed by atoms with Gasteiger partial charge in [-0.2, -0.15) is 4.31 Å². The van der Waals surface area contributed by atoms with Crippen molar-refractivity contribution < 1.29 is 21.6 Å². The minimum Gasteiger partial charge on any atom is -0.273 e. The Balaban J connectivity index is 1.61. The van der Waals surface area contributed by atoms with E-state index in [0.717, 1.165) is 15.4 Å². The molecule has 0 unspecified atom stereocenters. The Morgan fingerprint density at radius 2 is 1.64 bits per heavy atom. The van der Waals surface area contributed by atoms with Crippen LogP contribution in [0.25, 0.3) is 0 Å². The Kier molecular flexibility index (Phi) is 4.56. The molecular formula is C19H20N2O5S2. The van der Waals surface area contributed by atoms with E-state index in [-0.39, 0.29) is 16.3 Å². The first-order valence-electron chi connectivity index (χ1n) is 8.94. The molecular weight excluding hydrogens is 400 g/mol. The smallest absolute Gasteiger partial charge is 0.244 e. The number of sulfonamides is 2. The number of rotatable bonds is 3. The van der Waals surface area contributed by atoms with Crippen molar-refractivity contribution >= 4 is 31.6 Å². The number of carbonyl (C=O) groups is 1. The fourth-order valence-corrected chi connectivity index (χ4v) is 6.90. The van der Waals surface area contributed by atoms with Crippen molar-refractivity contribution in [1.29, 1.82) is 0 Å². The van der Waals surface area contributed by atoms with E-state index in [9.17, 15) is 21.6 Å². The van der Waals surface area contributed by atoms with E-state index in [2.05, 4.69) is 0 Å². The lowest BCUT2D eigenvalue weighted by atomic mass is 10.0. The molecule has 1 fully saturated rings. The van der Waals surface area contributed by atoms with Crippen molar-refractivity contribution in [2.75, 3.05) is 16.6 Å². The zero-order valence-corrected chi connectivity index (χ0v) is 16.9. The first kappa shape index (κ1) is 19.1. The standard InChI is InChI=1S/C19H20N2O5S2/c1-14-13-27(23,24)21(19(14)22)17-6-8-18(9-7-17)28(25,26)20-11-10-15-4-2-3-5-16(15)12-20/h2-9,14H,10-13H2,1H3/t14-/m1/s1. The summed E-state index contributed by atoms with van der Waals surface area (Å²) >= 11 is 0. The molecule has 2 aromatic carbocycles. The lowest BCUT2D eigenvalue weighted by Crippen LogP contribution is -2.36. The van der Waals surface area contributed by atoms with E-state index in [1.165, 1.54) is 28.6 Å². The van der Waals surface area contributed by atoms with Crippen molar-refractivity contribution in [2.24, 2.45) is 5.92 Å². The molecule has 4 rings (SSSR count). The molecule has 2 aromatic rings. The van der Waals surface area contributed by atoms with Crippen molar-refractivity contribution in [3.8, 4) is 0 Å². The largest absolute Gasteiger partial charge is 0.273 e. The van der Waals surface area contributed by atoms with Crippen LogP contribution < -0.4 is 4.31 Å². The second-order valence-corrected chi connectivity index (χ2v) is 10.9. The average Bonchev–Trinajstić information content (AvgIpc) is 2.88.